The van der Waals surface area contributed by atoms with Gasteiger partial charge in [-0.05, 0) is 30.0 Å². The summed E-state index contributed by atoms with van der Waals surface area (Å²) in [4.78, 5) is 0. The van der Waals surface area contributed by atoms with Crippen molar-refractivity contribution in [3.8, 4) is 5.75 Å². The lowest BCUT2D eigenvalue weighted by Crippen LogP contribution is -2.19. The number of halogens is 3. The number of aromatic nitrogens is 2. The summed E-state index contributed by atoms with van der Waals surface area (Å²) in [5.41, 5.74) is 0.751. The highest BCUT2D eigenvalue weighted by Gasteiger charge is 2.29. The molecule has 3 rings (SSSR count). The van der Waals surface area contributed by atoms with Gasteiger partial charge in [0.2, 0.25) is 5.89 Å². The summed E-state index contributed by atoms with van der Waals surface area (Å²) in [6.45, 7) is -1.34. The van der Waals surface area contributed by atoms with Gasteiger partial charge >= 0.3 is 6.18 Å². The number of hydrogen-bond acceptors (Lipinski definition) is 7. The van der Waals surface area contributed by atoms with Crippen molar-refractivity contribution in [3.05, 3.63) is 35.7 Å². The van der Waals surface area contributed by atoms with Gasteiger partial charge in [-0.1, -0.05) is 23.9 Å². The van der Waals surface area contributed by atoms with Gasteiger partial charge in [0.05, 0.1) is 11.5 Å². The zero-order valence-corrected chi connectivity index (χ0v) is 15.7. The molecule has 2 aromatic rings. The molecule has 0 spiro atoms. The second-order valence-corrected chi connectivity index (χ2v) is 9.43. The zero-order valence-electron chi connectivity index (χ0n) is 14.1. The first-order chi connectivity index (χ1) is 12.7. The molecule has 0 amide bonds. The second-order valence-electron chi connectivity index (χ2n) is 6.27. The van der Waals surface area contributed by atoms with Gasteiger partial charge in [-0.15, -0.1) is 10.2 Å². The van der Waals surface area contributed by atoms with Crippen LogP contribution in [0, 0.1) is 5.92 Å². The molecule has 1 aliphatic heterocycles. The van der Waals surface area contributed by atoms with Crippen LogP contribution in [0.4, 0.5) is 13.2 Å². The van der Waals surface area contributed by atoms with Crippen molar-refractivity contribution in [2.45, 2.75) is 30.0 Å². The molecule has 0 aliphatic carbocycles. The number of nitrogens with zero attached hydrogens (tertiary/aromatic N) is 2. The molecule has 11 heteroatoms. The van der Waals surface area contributed by atoms with E-state index in [-0.39, 0.29) is 23.2 Å². The van der Waals surface area contributed by atoms with Crippen LogP contribution in [0.25, 0.3) is 0 Å². The minimum atomic E-state index is -4.39. The molecule has 1 fully saturated rings. The minimum absolute atomic E-state index is 0.00392. The quantitative estimate of drug-likeness (QED) is 0.633. The molecule has 27 heavy (non-hydrogen) atoms. The third-order valence-electron chi connectivity index (χ3n) is 3.90. The van der Waals surface area contributed by atoms with Crippen LogP contribution in [0.3, 0.4) is 0 Å². The number of rotatable bonds is 7. The predicted molar refractivity (Wildman–Crippen MR) is 92.3 cm³/mol. The van der Waals surface area contributed by atoms with E-state index >= 15 is 0 Å². The monoisotopic (exact) mass is 422 g/mol. The van der Waals surface area contributed by atoms with Crippen LogP contribution in [-0.2, 0) is 22.0 Å². The Morgan fingerprint density at radius 1 is 1.30 bits per heavy atom. The van der Waals surface area contributed by atoms with Crippen LogP contribution in [-0.4, -0.2) is 42.9 Å². The fraction of sp³-hybridized carbons (Fsp3) is 0.500. The van der Waals surface area contributed by atoms with Crippen LogP contribution in [0.15, 0.2) is 33.9 Å². The summed E-state index contributed by atoms with van der Waals surface area (Å²) in [6.07, 6.45) is -3.37. The van der Waals surface area contributed by atoms with E-state index in [1.807, 2.05) is 0 Å². The highest BCUT2D eigenvalue weighted by atomic mass is 32.2. The van der Waals surface area contributed by atoms with Crippen LogP contribution in [0.1, 0.15) is 17.9 Å². The summed E-state index contributed by atoms with van der Waals surface area (Å²) in [7, 11) is -2.95. The van der Waals surface area contributed by atoms with Crippen LogP contribution < -0.4 is 4.74 Å². The van der Waals surface area contributed by atoms with Gasteiger partial charge in [0, 0.05) is 12.2 Å². The first kappa shape index (κ1) is 20.0. The molecule has 1 aromatic carbocycles. The highest BCUT2D eigenvalue weighted by molar-refractivity contribution is 7.98. The Labute approximate surface area is 158 Å². The summed E-state index contributed by atoms with van der Waals surface area (Å²) < 4.78 is 69.8. The third-order valence-corrected chi connectivity index (χ3v) is 6.63. The molecule has 0 saturated carbocycles. The SMILES string of the molecule is O=S1(=O)CCC(Cc2nnc(SCc3cccc(OCC(F)(F)F)c3)o2)C1. The second kappa shape index (κ2) is 8.09. The molecule has 1 atom stereocenters. The number of hydrogen-bond donors (Lipinski definition) is 0. The van der Waals surface area contributed by atoms with Gasteiger partial charge < -0.3 is 9.15 Å². The molecule has 1 aromatic heterocycles. The van der Waals surface area contributed by atoms with Gasteiger partial charge in [0.15, 0.2) is 16.4 Å². The van der Waals surface area contributed by atoms with Crippen LogP contribution in [0.5, 0.6) is 5.75 Å². The molecule has 0 bridgehead atoms. The molecular weight excluding hydrogens is 405 g/mol. The smallest absolute Gasteiger partial charge is 0.422 e. The molecule has 1 saturated heterocycles. The Morgan fingerprint density at radius 3 is 2.81 bits per heavy atom. The zero-order chi connectivity index (χ0) is 19.5. The summed E-state index contributed by atoms with van der Waals surface area (Å²) in [5, 5.41) is 8.18. The Balaban J connectivity index is 1.51. The first-order valence-electron chi connectivity index (χ1n) is 8.13. The van der Waals surface area contributed by atoms with Crippen molar-refractivity contribution in [2.24, 2.45) is 5.92 Å². The summed E-state index contributed by atoms with van der Waals surface area (Å²) in [6, 6.07) is 6.36. The Kier molecular flexibility index (Phi) is 5.99. The fourth-order valence-electron chi connectivity index (χ4n) is 2.69. The molecule has 2 heterocycles. The first-order valence-corrected chi connectivity index (χ1v) is 10.9. The molecule has 0 N–H and O–H groups in total. The third kappa shape index (κ3) is 6.42. The van der Waals surface area contributed by atoms with Crippen molar-refractivity contribution in [2.75, 3.05) is 18.1 Å². The lowest BCUT2D eigenvalue weighted by Gasteiger charge is -2.09. The van der Waals surface area contributed by atoms with Crippen molar-refractivity contribution >= 4 is 21.6 Å². The van der Waals surface area contributed by atoms with Crippen molar-refractivity contribution in [1.82, 2.24) is 10.2 Å². The maximum Gasteiger partial charge on any atom is 0.422 e. The van der Waals surface area contributed by atoms with E-state index in [0.717, 1.165) is 5.56 Å². The normalized spacial score (nSPS) is 19.3. The van der Waals surface area contributed by atoms with Crippen LogP contribution in [0.2, 0.25) is 0 Å². The lowest BCUT2D eigenvalue weighted by atomic mass is 10.1. The Morgan fingerprint density at radius 2 is 2.11 bits per heavy atom. The predicted octanol–water partition coefficient (Wildman–Crippen LogP) is 3.28. The van der Waals surface area contributed by atoms with Gasteiger partial charge in [0.1, 0.15) is 5.75 Å². The van der Waals surface area contributed by atoms with Gasteiger partial charge in [-0.25, -0.2) is 8.42 Å². The number of sulfone groups is 1. The average molecular weight is 422 g/mol. The number of alkyl halides is 3. The Hall–Kier alpha value is -1.75. The van der Waals surface area contributed by atoms with Crippen LogP contribution >= 0.6 is 11.8 Å². The maximum atomic E-state index is 12.2. The van der Waals surface area contributed by atoms with E-state index in [1.54, 1.807) is 12.1 Å². The molecule has 1 aliphatic rings. The largest absolute Gasteiger partial charge is 0.484 e. The topological polar surface area (TPSA) is 82.3 Å². The van der Waals surface area contributed by atoms with Crippen molar-refractivity contribution in [3.63, 3.8) is 0 Å². The van der Waals surface area contributed by atoms with E-state index in [4.69, 9.17) is 9.15 Å². The van der Waals surface area contributed by atoms with Crippen molar-refractivity contribution < 1.29 is 30.7 Å². The number of thioether (sulfide) groups is 1. The molecule has 6 nitrogen and oxygen atoms in total. The van der Waals surface area contributed by atoms with E-state index in [9.17, 15) is 21.6 Å². The average Bonchev–Trinajstić information content (AvgIpc) is 3.17. The molecular formula is C16H17F3N2O4S2. The number of benzene rings is 1. The standard InChI is InChI=1S/C16H17F3N2O4S2/c17-16(18,19)10-24-13-3-1-2-11(6-13)8-26-15-21-20-14(25-15)7-12-4-5-27(22,23)9-12/h1-3,6,12H,4-5,7-10H2. The van der Waals surface area contributed by atoms with E-state index in [2.05, 4.69) is 10.2 Å². The van der Waals surface area contributed by atoms with Crippen molar-refractivity contribution in [1.29, 1.82) is 0 Å². The minimum Gasteiger partial charge on any atom is -0.484 e. The lowest BCUT2D eigenvalue weighted by molar-refractivity contribution is -0.153. The molecule has 0 radical (unpaired) electrons. The molecule has 148 valence electrons. The van der Waals surface area contributed by atoms with E-state index < -0.39 is 22.6 Å². The summed E-state index contributed by atoms with van der Waals surface area (Å²) in [5.74, 6) is 1.28. The van der Waals surface area contributed by atoms with E-state index in [1.165, 1.54) is 23.9 Å². The Bertz CT molecular complexity index is 884. The number of ether oxygens (including phenoxy) is 1. The molecule has 1 unspecified atom stereocenters. The van der Waals surface area contributed by atoms with Gasteiger partial charge in [-0.2, -0.15) is 13.2 Å². The fourth-order valence-corrected chi connectivity index (χ4v) is 5.28. The van der Waals surface area contributed by atoms with Gasteiger partial charge in [0.25, 0.3) is 5.22 Å². The van der Waals surface area contributed by atoms with E-state index in [0.29, 0.717) is 29.7 Å². The van der Waals surface area contributed by atoms with Gasteiger partial charge in [-0.3, -0.25) is 0 Å². The summed E-state index contributed by atoms with van der Waals surface area (Å²) >= 11 is 1.25. The maximum absolute atomic E-state index is 12.2. The highest BCUT2D eigenvalue weighted by Crippen LogP contribution is 2.27.